The molecule has 0 radical (unpaired) electrons. The van der Waals surface area contributed by atoms with Gasteiger partial charge in [-0.2, -0.15) is 0 Å². The summed E-state index contributed by atoms with van der Waals surface area (Å²) in [7, 11) is -3.64. The van der Waals surface area contributed by atoms with Crippen LogP contribution >= 0.6 is 0 Å². The van der Waals surface area contributed by atoms with E-state index in [1.54, 1.807) is 0 Å². The van der Waals surface area contributed by atoms with Crippen molar-refractivity contribution in [3.63, 3.8) is 0 Å². The molecule has 0 amide bonds. The van der Waals surface area contributed by atoms with Crippen molar-refractivity contribution in [3.8, 4) is 0 Å². The first-order valence-electron chi connectivity index (χ1n) is 2.35. The molecule has 0 spiro atoms. The summed E-state index contributed by atoms with van der Waals surface area (Å²) in [5.41, 5.74) is 0. The summed E-state index contributed by atoms with van der Waals surface area (Å²) < 4.78 is 19.8. The normalized spacial score (nSPS) is 13.9. The van der Waals surface area contributed by atoms with Crippen molar-refractivity contribution in [2.24, 2.45) is 0 Å². The van der Waals surface area contributed by atoms with Gasteiger partial charge >= 0.3 is 0 Å². The van der Waals surface area contributed by atoms with Crippen molar-refractivity contribution in [2.75, 3.05) is 0 Å². The molecule has 5 heteroatoms. The first-order chi connectivity index (χ1) is 4.16. The molecule has 0 rings (SSSR count). The molecule has 0 saturated heterocycles. The first-order valence-corrected chi connectivity index (χ1v) is 6.03. The minimum atomic E-state index is -2.11. The fourth-order valence-electron chi connectivity index (χ4n) is 0.351. The van der Waals surface area contributed by atoms with Gasteiger partial charge in [-0.15, -0.1) is 6.58 Å². The highest BCUT2D eigenvalue weighted by molar-refractivity contribution is 8.08. The van der Waals surface area contributed by atoms with Gasteiger partial charge in [0.2, 0.25) is 0 Å². The van der Waals surface area contributed by atoms with E-state index in [-0.39, 0.29) is 11.8 Å². The van der Waals surface area contributed by atoms with Crippen LogP contribution in [0.4, 0.5) is 0 Å². The van der Waals surface area contributed by atoms with E-state index in [0.717, 1.165) is 0 Å². The Labute approximate surface area is 57.9 Å². The van der Waals surface area contributed by atoms with Gasteiger partial charge in [-0.3, -0.25) is 4.21 Å². The van der Waals surface area contributed by atoms with Crippen LogP contribution in [0.2, 0.25) is 0 Å². The van der Waals surface area contributed by atoms with E-state index in [1.807, 2.05) is 0 Å². The number of rotatable bonds is 4. The van der Waals surface area contributed by atoms with Crippen LogP contribution in [-0.4, -0.2) is 22.8 Å². The smallest absolute Gasteiger partial charge is 0.185 e. The van der Waals surface area contributed by atoms with Crippen molar-refractivity contribution in [2.45, 2.75) is 6.42 Å². The maximum Gasteiger partial charge on any atom is 0.185 e. The lowest BCUT2D eigenvalue weighted by molar-refractivity contribution is -0.111. The van der Waals surface area contributed by atoms with Crippen LogP contribution in [0.5, 0.6) is 0 Å². The Hall–Kier alpha value is -0.263. The Bertz CT molecular complexity index is 145. The third kappa shape index (κ3) is 5.61. The van der Waals surface area contributed by atoms with Crippen molar-refractivity contribution in [1.82, 2.24) is 0 Å². The number of hydrogen-bond donors (Lipinski definition) is 0. The van der Waals surface area contributed by atoms with E-state index < -0.39 is 19.2 Å². The van der Waals surface area contributed by atoms with Crippen LogP contribution in [0, 0.1) is 0 Å². The molecule has 0 aliphatic carbocycles. The maximum atomic E-state index is 10.5. The fraction of sp³-hybridized carbons (Fsp3) is 0.250. The Kier molecular flexibility index (Phi) is 4.47. The number of carbonyl (C=O) groups is 1. The lowest BCUT2D eigenvalue weighted by Crippen LogP contribution is -2.12. The number of allylic oxidation sites excluding steroid dienone is 1. The zero-order chi connectivity index (χ0) is 7.28. The largest absolute Gasteiger partial charge is 0.778 e. The summed E-state index contributed by atoms with van der Waals surface area (Å²) >= 11 is 0. The number of carbonyl (C=O) groups excluding carboxylic acids is 1. The van der Waals surface area contributed by atoms with Crippen LogP contribution in [0.15, 0.2) is 12.7 Å². The molecule has 3 nitrogen and oxygen atoms in total. The summed E-state index contributed by atoms with van der Waals surface area (Å²) in [4.78, 5) is 10.5. The molecular formula is C4H7O3SSi-. The monoisotopic (exact) mass is 163 g/mol. The third-order valence-electron chi connectivity index (χ3n) is 0.651. The standard InChI is InChI=1S/C4H8O3SSi/c1-2-3-4(5)9-8(6)7/h2H,1,3,9H2,(H,6,7)/p-1. The molecule has 0 aromatic rings. The van der Waals surface area contributed by atoms with Gasteiger partial charge in [0.25, 0.3) is 0 Å². The van der Waals surface area contributed by atoms with Crippen molar-refractivity contribution in [1.29, 1.82) is 0 Å². The molecule has 0 heterocycles. The zero-order valence-corrected chi connectivity index (χ0v) is 7.06. The van der Waals surface area contributed by atoms with Gasteiger partial charge in [0.05, 0.1) is 0 Å². The zero-order valence-electron chi connectivity index (χ0n) is 4.83. The summed E-state index contributed by atoms with van der Waals surface area (Å²) in [6, 6.07) is 0. The fourth-order valence-corrected chi connectivity index (χ4v) is 2.08. The molecule has 0 saturated carbocycles. The SMILES string of the molecule is C=CCC(=O)[SiH2]S(=O)[O-]. The van der Waals surface area contributed by atoms with Crippen molar-refractivity contribution < 1.29 is 13.6 Å². The molecule has 0 aliphatic rings. The van der Waals surface area contributed by atoms with Crippen molar-refractivity contribution in [3.05, 3.63) is 12.7 Å². The van der Waals surface area contributed by atoms with E-state index >= 15 is 0 Å². The lowest BCUT2D eigenvalue weighted by Gasteiger charge is -1.99. The van der Waals surface area contributed by atoms with Gasteiger partial charge in [-0.05, 0) is 0 Å². The van der Waals surface area contributed by atoms with Crippen molar-refractivity contribution >= 4 is 24.6 Å². The minimum Gasteiger partial charge on any atom is -0.778 e. The van der Waals surface area contributed by atoms with Gasteiger partial charge in [-0.25, -0.2) is 0 Å². The Morgan fingerprint density at radius 3 is 2.78 bits per heavy atom. The molecule has 52 valence electrons. The summed E-state index contributed by atoms with van der Waals surface area (Å²) in [6.45, 7) is 3.31. The van der Waals surface area contributed by atoms with Crippen LogP contribution < -0.4 is 0 Å². The first kappa shape index (κ1) is 8.74. The number of hydrogen-bond acceptors (Lipinski definition) is 3. The van der Waals surface area contributed by atoms with Gasteiger partial charge in [-0.1, -0.05) is 16.6 Å². The lowest BCUT2D eigenvalue weighted by atomic mass is 10.5. The van der Waals surface area contributed by atoms with E-state index in [2.05, 4.69) is 6.58 Å². The van der Waals surface area contributed by atoms with Gasteiger partial charge < -0.3 is 9.35 Å². The molecule has 0 bridgehead atoms. The van der Waals surface area contributed by atoms with Crippen LogP contribution in [0.1, 0.15) is 6.42 Å². The van der Waals surface area contributed by atoms with Crippen LogP contribution in [0.3, 0.4) is 0 Å². The van der Waals surface area contributed by atoms with Crippen LogP contribution in [-0.2, 0) is 15.3 Å². The average Bonchev–Trinajstić information content (AvgIpc) is 1.63. The molecule has 0 aliphatic heterocycles. The Morgan fingerprint density at radius 2 is 2.44 bits per heavy atom. The molecule has 0 N–H and O–H groups in total. The predicted octanol–water partition coefficient (Wildman–Crippen LogP) is -0.948. The summed E-state index contributed by atoms with van der Waals surface area (Å²) in [5, 5.41) is -0.182. The Balaban J connectivity index is 3.50. The molecule has 1 unspecified atom stereocenters. The molecule has 1 atom stereocenters. The second-order valence-electron chi connectivity index (χ2n) is 1.48. The maximum absolute atomic E-state index is 10.5. The summed E-state index contributed by atoms with van der Waals surface area (Å²) in [5.74, 6) is 0. The molecule has 0 aromatic carbocycles. The van der Waals surface area contributed by atoms with Gasteiger partial charge in [0.15, 0.2) is 8.67 Å². The highest BCUT2D eigenvalue weighted by Crippen LogP contribution is 1.82. The van der Waals surface area contributed by atoms with Gasteiger partial charge in [0, 0.05) is 6.42 Å². The van der Waals surface area contributed by atoms with E-state index in [9.17, 15) is 13.6 Å². The second kappa shape index (κ2) is 4.60. The van der Waals surface area contributed by atoms with E-state index in [4.69, 9.17) is 0 Å². The quantitative estimate of drug-likeness (QED) is 0.305. The molecular weight excluding hydrogens is 156 g/mol. The highest BCUT2D eigenvalue weighted by atomic mass is 32.4. The molecule has 0 aromatic heterocycles. The summed E-state index contributed by atoms with van der Waals surface area (Å²) in [6.07, 6.45) is 1.61. The average molecular weight is 163 g/mol. The topological polar surface area (TPSA) is 57.2 Å². The molecule has 0 fully saturated rings. The van der Waals surface area contributed by atoms with Crippen LogP contribution in [0.25, 0.3) is 0 Å². The third-order valence-corrected chi connectivity index (χ3v) is 3.17. The second-order valence-corrected chi connectivity index (χ2v) is 5.44. The Morgan fingerprint density at radius 1 is 1.89 bits per heavy atom. The predicted molar refractivity (Wildman–Crippen MR) is 37.3 cm³/mol. The highest BCUT2D eigenvalue weighted by Gasteiger charge is 1.97. The van der Waals surface area contributed by atoms with E-state index in [1.165, 1.54) is 6.08 Å². The minimum absolute atomic E-state index is 0.182. The molecule has 9 heavy (non-hydrogen) atoms. The van der Waals surface area contributed by atoms with Gasteiger partial charge in [0.1, 0.15) is 5.41 Å². The van der Waals surface area contributed by atoms with E-state index in [0.29, 0.717) is 0 Å².